The van der Waals surface area contributed by atoms with Crippen LogP contribution in [0.1, 0.15) is 11.1 Å². The molecule has 3 aromatic rings. The molecule has 0 aliphatic heterocycles. The lowest BCUT2D eigenvalue weighted by molar-refractivity contribution is -0.112. The Hall–Kier alpha value is -2.97. The third-order valence-corrected chi connectivity index (χ3v) is 6.94. The fourth-order valence-electron chi connectivity index (χ4n) is 2.36. The van der Waals surface area contributed by atoms with Gasteiger partial charge in [0.25, 0.3) is 5.91 Å². The molecule has 3 rings (SSSR count). The van der Waals surface area contributed by atoms with E-state index >= 15 is 0 Å². The second kappa shape index (κ2) is 10.1. The number of nitrogens with one attached hydrogen (secondary N) is 1. The molecule has 2 aromatic carbocycles. The number of amides is 1. The fraction of sp³-hybridized carbons (Fsp3) is 0.100. The average Bonchev–Trinajstić information content (AvgIpc) is 3.21. The first-order chi connectivity index (χ1) is 15.2. The van der Waals surface area contributed by atoms with E-state index in [9.17, 15) is 18.5 Å². The van der Waals surface area contributed by atoms with E-state index in [2.05, 4.69) is 15.5 Å². The molecule has 1 heterocycles. The minimum atomic E-state index is -3.54. The summed E-state index contributed by atoms with van der Waals surface area (Å²) < 4.78 is 28.4. The van der Waals surface area contributed by atoms with Crippen molar-refractivity contribution in [2.24, 2.45) is 0 Å². The van der Waals surface area contributed by atoms with E-state index in [1.807, 2.05) is 12.1 Å². The number of carbonyl (C=O) groups excluding carboxylic acids is 1. The largest absolute Gasteiger partial charge is 0.487 e. The summed E-state index contributed by atoms with van der Waals surface area (Å²) in [5.41, 5.74) is 1.18. The highest BCUT2D eigenvalue weighted by Gasteiger charge is 2.17. The number of aromatic nitrogens is 2. The zero-order valence-electron chi connectivity index (χ0n) is 16.4. The summed E-state index contributed by atoms with van der Waals surface area (Å²) in [6.07, 6.45) is 2.31. The summed E-state index contributed by atoms with van der Waals surface area (Å²) in [7, 11) is -3.54. The number of nitriles is 1. The summed E-state index contributed by atoms with van der Waals surface area (Å²) >= 11 is 12.8. The summed E-state index contributed by atoms with van der Waals surface area (Å²) in [6.45, 7) is 0.287. The normalized spacial score (nSPS) is 11.6. The molecule has 0 bridgehead atoms. The highest BCUT2D eigenvalue weighted by atomic mass is 35.5. The first-order valence-corrected chi connectivity index (χ1v) is 12.3. The van der Waals surface area contributed by atoms with Gasteiger partial charge in [-0.1, -0.05) is 52.7 Å². The molecule has 0 unspecified atom stereocenters. The highest BCUT2D eigenvalue weighted by molar-refractivity contribution is 7.92. The fourth-order valence-corrected chi connectivity index (χ4v) is 4.23. The Morgan fingerprint density at radius 1 is 1.22 bits per heavy atom. The van der Waals surface area contributed by atoms with Crippen molar-refractivity contribution < 1.29 is 17.9 Å². The van der Waals surface area contributed by atoms with E-state index in [1.165, 1.54) is 6.08 Å². The van der Waals surface area contributed by atoms with Gasteiger partial charge in [0.05, 0.1) is 5.02 Å². The maximum atomic E-state index is 12.4. The van der Waals surface area contributed by atoms with Crippen molar-refractivity contribution in [3.8, 4) is 11.8 Å². The van der Waals surface area contributed by atoms with Gasteiger partial charge in [-0.05, 0) is 41.5 Å². The Labute approximate surface area is 198 Å². The van der Waals surface area contributed by atoms with Crippen molar-refractivity contribution in [1.82, 2.24) is 10.2 Å². The van der Waals surface area contributed by atoms with E-state index in [0.29, 0.717) is 32.7 Å². The Balaban J connectivity index is 1.70. The van der Waals surface area contributed by atoms with Crippen molar-refractivity contribution in [2.45, 2.75) is 10.9 Å². The van der Waals surface area contributed by atoms with Gasteiger partial charge in [0, 0.05) is 11.3 Å². The molecular formula is C20H14Cl2N4O4S2. The number of halogens is 2. The van der Waals surface area contributed by atoms with Gasteiger partial charge < -0.3 is 4.74 Å². The first-order valence-electron chi connectivity index (χ1n) is 8.79. The summed E-state index contributed by atoms with van der Waals surface area (Å²) in [6, 6.07) is 13.8. The van der Waals surface area contributed by atoms with Crippen molar-refractivity contribution in [3.05, 3.63) is 69.2 Å². The van der Waals surface area contributed by atoms with E-state index in [1.54, 1.807) is 36.4 Å². The maximum Gasteiger partial charge on any atom is 0.268 e. The lowest BCUT2D eigenvalue weighted by atomic mass is 10.1. The van der Waals surface area contributed by atoms with Crippen LogP contribution in [-0.4, -0.2) is 30.8 Å². The third kappa shape index (κ3) is 6.27. The van der Waals surface area contributed by atoms with Gasteiger partial charge in [-0.2, -0.15) is 5.26 Å². The minimum absolute atomic E-state index is 0.0412. The zero-order valence-corrected chi connectivity index (χ0v) is 19.5. The molecule has 8 nitrogen and oxygen atoms in total. The average molecular weight is 509 g/mol. The number of hydrogen-bond acceptors (Lipinski definition) is 8. The smallest absolute Gasteiger partial charge is 0.268 e. The van der Waals surface area contributed by atoms with E-state index in [-0.39, 0.29) is 21.7 Å². The molecule has 0 aliphatic carbocycles. The molecular weight excluding hydrogens is 495 g/mol. The quantitative estimate of drug-likeness (QED) is 0.285. The SMILES string of the molecule is CS(=O)(=O)c1nnc(NC(=O)C(C#N)=Cc2ccc(OCc3ccc(Cl)cc3)c(Cl)c2)s1. The molecule has 32 heavy (non-hydrogen) atoms. The number of benzene rings is 2. The molecule has 0 spiro atoms. The lowest BCUT2D eigenvalue weighted by Gasteiger charge is -2.09. The van der Waals surface area contributed by atoms with E-state index in [4.69, 9.17) is 27.9 Å². The van der Waals surface area contributed by atoms with Crippen LogP contribution in [0.2, 0.25) is 10.0 Å². The number of hydrogen-bond donors (Lipinski definition) is 1. The van der Waals surface area contributed by atoms with Gasteiger partial charge in [0.15, 0.2) is 0 Å². The van der Waals surface area contributed by atoms with Crippen LogP contribution < -0.4 is 10.1 Å². The summed E-state index contributed by atoms with van der Waals surface area (Å²) in [5, 5.41) is 19.7. The van der Waals surface area contributed by atoms with E-state index in [0.717, 1.165) is 11.8 Å². The van der Waals surface area contributed by atoms with Crippen LogP contribution >= 0.6 is 34.5 Å². The number of sulfone groups is 1. The van der Waals surface area contributed by atoms with Crippen LogP contribution in [0.5, 0.6) is 5.75 Å². The van der Waals surface area contributed by atoms with Crippen molar-refractivity contribution in [2.75, 3.05) is 11.6 Å². The second-order valence-electron chi connectivity index (χ2n) is 6.37. The molecule has 0 saturated carbocycles. The van der Waals surface area contributed by atoms with Crippen LogP contribution in [0.25, 0.3) is 6.08 Å². The van der Waals surface area contributed by atoms with Gasteiger partial charge in [0.1, 0.15) is 24.0 Å². The van der Waals surface area contributed by atoms with Gasteiger partial charge in [-0.25, -0.2) is 8.42 Å². The topological polar surface area (TPSA) is 122 Å². The Bertz CT molecular complexity index is 1330. The van der Waals surface area contributed by atoms with Gasteiger partial charge in [-0.15, -0.1) is 10.2 Å². The predicted octanol–water partition coefficient (Wildman–Crippen LogP) is 4.37. The first kappa shape index (κ1) is 23.7. The number of rotatable bonds is 7. The van der Waals surface area contributed by atoms with Gasteiger partial charge in [0.2, 0.25) is 19.3 Å². The maximum absolute atomic E-state index is 12.4. The third-order valence-electron chi connectivity index (χ3n) is 3.88. The standard InChI is InChI=1S/C20H14Cl2N4O4S2/c1-32(28,29)20-26-25-19(31-20)24-18(27)14(10-23)8-13-4-7-17(16(22)9-13)30-11-12-2-5-15(21)6-3-12/h2-9H,11H2,1H3,(H,24,25,27). The molecule has 1 amide bonds. The van der Waals surface area contributed by atoms with Crippen LogP contribution in [0.15, 0.2) is 52.4 Å². The van der Waals surface area contributed by atoms with Crippen molar-refractivity contribution >= 4 is 61.5 Å². The number of anilines is 1. The summed E-state index contributed by atoms with van der Waals surface area (Å²) in [4.78, 5) is 12.4. The van der Waals surface area contributed by atoms with Gasteiger partial charge in [-0.3, -0.25) is 10.1 Å². The zero-order chi connectivity index (χ0) is 23.3. The number of ether oxygens (including phenoxy) is 1. The summed E-state index contributed by atoms with van der Waals surface area (Å²) in [5.74, 6) is -0.327. The number of nitrogens with zero attached hydrogens (tertiary/aromatic N) is 3. The van der Waals surface area contributed by atoms with Crippen LogP contribution in [0.4, 0.5) is 5.13 Å². The molecule has 1 aromatic heterocycles. The molecule has 0 saturated heterocycles. The Morgan fingerprint density at radius 3 is 2.53 bits per heavy atom. The molecule has 164 valence electrons. The molecule has 0 fully saturated rings. The van der Waals surface area contributed by atoms with Crippen molar-refractivity contribution in [3.63, 3.8) is 0 Å². The van der Waals surface area contributed by atoms with Crippen LogP contribution in [0, 0.1) is 11.3 Å². The molecule has 0 atom stereocenters. The number of carbonyl (C=O) groups is 1. The predicted molar refractivity (Wildman–Crippen MR) is 122 cm³/mol. The van der Waals surface area contributed by atoms with E-state index < -0.39 is 15.7 Å². The Morgan fingerprint density at radius 2 is 1.94 bits per heavy atom. The van der Waals surface area contributed by atoms with Crippen molar-refractivity contribution in [1.29, 1.82) is 5.26 Å². The Kier molecular flexibility index (Phi) is 7.48. The highest BCUT2D eigenvalue weighted by Crippen LogP contribution is 2.28. The second-order valence-corrected chi connectivity index (χ2v) is 10.4. The van der Waals surface area contributed by atoms with Crippen LogP contribution in [-0.2, 0) is 21.2 Å². The van der Waals surface area contributed by atoms with Gasteiger partial charge >= 0.3 is 0 Å². The molecule has 12 heteroatoms. The lowest BCUT2D eigenvalue weighted by Crippen LogP contribution is -2.13. The molecule has 0 aliphatic rings. The molecule has 0 radical (unpaired) electrons. The van der Waals surface area contributed by atoms with Crippen LogP contribution in [0.3, 0.4) is 0 Å². The molecule has 1 N–H and O–H groups in total. The minimum Gasteiger partial charge on any atom is -0.487 e. The monoisotopic (exact) mass is 508 g/mol.